The van der Waals surface area contributed by atoms with E-state index in [1.54, 1.807) is 21.8 Å². The Kier molecular flexibility index (Phi) is 3.33. The summed E-state index contributed by atoms with van der Waals surface area (Å²) < 4.78 is 3.51. The molecule has 1 atom stereocenters. The van der Waals surface area contributed by atoms with E-state index in [4.69, 9.17) is 0 Å². The summed E-state index contributed by atoms with van der Waals surface area (Å²) in [5.41, 5.74) is 2.81. The van der Waals surface area contributed by atoms with E-state index in [2.05, 4.69) is 17.0 Å². The molecule has 0 amide bonds. The van der Waals surface area contributed by atoms with E-state index in [0.717, 1.165) is 23.2 Å². The van der Waals surface area contributed by atoms with E-state index >= 15 is 0 Å². The van der Waals surface area contributed by atoms with Crippen LogP contribution in [0.3, 0.4) is 0 Å². The van der Waals surface area contributed by atoms with Gasteiger partial charge in [-0.2, -0.15) is 5.10 Å². The zero-order valence-electron chi connectivity index (χ0n) is 12.4. The molecule has 5 nitrogen and oxygen atoms in total. The van der Waals surface area contributed by atoms with Crippen molar-refractivity contribution in [3.63, 3.8) is 0 Å². The molecule has 108 valence electrons. The Balaban J connectivity index is 2.22. The lowest BCUT2D eigenvalue weighted by Crippen LogP contribution is -2.27. The highest BCUT2D eigenvalue weighted by Crippen LogP contribution is 2.20. The average Bonchev–Trinajstić information content (AvgIpc) is 2.89. The number of aromatic nitrogens is 4. The lowest BCUT2D eigenvalue weighted by Gasteiger charge is -2.18. The van der Waals surface area contributed by atoms with Gasteiger partial charge in [0.25, 0.3) is 5.56 Å². The van der Waals surface area contributed by atoms with Crippen LogP contribution in [0.5, 0.6) is 0 Å². The molecule has 0 spiro atoms. The smallest absolute Gasteiger partial charge is 0.261 e. The van der Waals surface area contributed by atoms with Gasteiger partial charge in [0.15, 0.2) is 0 Å². The molecule has 0 aliphatic carbocycles. The minimum absolute atomic E-state index is 0.00301. The molecule has 3 aromatic rings. The minimum atomic E-state index is -0.0533. The Hall–Kier alpha value is -2.43. The summed E-state index contributed by atoms with van der Waals surface area (Å²) in [4.78, 5) is 17.2. The number of aryl methyl sites for hydroxylation is 2. The van der Waals surface area contributed by atoms with Crippen LogP contribution in [0.25, 0.3) is 10.9 Å². The molecule has 0 bridgehead atoms. The summed E-state index contributed by atoms with van der Waals surface area (Å²) in [6.07, 6.45) is 4.20. The largest absolute Gasteiger partial charge is 0.290 e. The Morgan fingerprint density at radius 2 is 2.10 bits per heavy atom. The van der Waals surface area contributed by atoms with Crippen molar-refractivity contribution in [1.82, 2.24) is 19.3 Å². The molecule has 2 aromatic heterocycles. The second-order valence-corrected chi connectivity index (χ2v) is 5.28. The molecular weight excluding hydrogens is 264 g/mol. The van der Waals surface area contributed by atoms with Crippen molar-refractivity contribution in [3.05, 3.63) is 58.4 Å². The summed E-state index contributed by atoms with van der Waals surface area (Å²) in [7, 11) is 1.89. The van der Waals surface area contributed by atoms with Gasteiger partial charge in [0, 0.05) is 13.2 Å². The molecule has 0 fully saturated rings. The van der Waals surface area contributed by atoms with Crippen LogP contribution in [0.2, 0.25) is 0 Å². The maximum Gasteiger partial charge on any atom is 0.261 e. The van der Waals surface area contributed by atoms with Gasteiger partial charge in [-0.05, 0) is 31.5 Å². The highest BCUT2D eigenvalue weighted by atomic mass is 16.1. The summed E-state index contributed by atoms with van der Waals surface area (Å²) in [6, 6.07) is 7.65. The molecule has 0 aliphatic rings. The standard InChI is InChI=1S/C16H18N4O/c1-4-14(15-7-8-18-19(15)3)20-10-17-13-6-5-11(2)9-12(13)16(20)21/h5-10,14H,4H2,1-3H3/t14-/m0/s1. The van der Waals surface area contributed by atoms with Crippen molar-refractivity contribution in [2.24, 2.45) is 7.05 Å². The fraction of sp³-hybridized carbons (Fsp3) is 0.312. The van der Waals surface area contributed by atoms with Crippen LogP contribution in [0.15, 0.2) is 41.6 Å². The first-order valence-corrected chi connectivity index (χ1v) is 7.07. The Morgan fingerprint density at radius 3 is 2.76 bits per heavy atom. The van der Waals surface area contributed by atoms with Crippen molar-refractivity contribution in [1.29, 1.82) is 0 Å². The molecule has 3 rings (SSSR count). The predicted octanol–water partition coefficient (Wildman–Crippen LogP) is 2.44. The third-order valence-electron chi connectivity index (χ3n) is 3.86. The average molecular weight is 282 g/mol. The summed E-state index contributed by atoms with van der Waals surface area (Å²) in [6.45, 7) is 4.04. The van der Waals surface area contributed by atoms with E-state index in [1.165, 1.54) is 0 Å². The van der Waals surface area contributed by atoms with Gasteiger partial charge in [0.2, 0.25) is 0 Å². The third-order valence-corrected chi connectivity index (χ3v) is 3.86. The van der Waals surface area contributed by atoms with Gasteiger partial charge in [-0.1, -0.05) is 18.6 Å². The lowest BCUT2D eigenvalue weighted by atomic mass is 10.1. The van der Waals surface area contributed by atoms with Gasteiger partial charge in [0.05, 0.1) is 29.0 Å². The maximum absolute atomic E-state index is 12.8. The molecule has 1 aromatic carbocycles. The highest BCUT2D eigenvalue weighted by Gasteiger charge is 2.17. The van der Waals surface area contributed by atoms with Crippen LogP contribution in [-0.4, -0.2) is 19.3 Å². The van der Waals surface area contributed by atoms with E-state index in [0.29, 0.717) is 5.39 Å². The molecule has 21 heavy (non-hydrogen) atoms. The summed E-state index contributed by atoms with van der Waals surface area (Å²) in [5, 5.41) is 4.86. The quantitative estimate of drug-likeness (QED) is 0.741. The van der Waals surface area contributed by atoms with Gasteiger partial charge in [-0.15, -0.1) is 0 Å². The second kappa shape index (κ2) is 5.16. The van der Waals surface area contributed by atoms with Crippen LogP contribution in [0.4, 0.5) is 0 Å². The second-order valence-electron chi connectivity index (χ2n) is 5.28. The van der Waals surface area contributed by atoms with Crippen LogP contribution in [0.1, 0.15) is 30.6 Å². The number of fused-ring (bicyclic) bond motifs is 1. The predicted molar refractivity (Wildman–Crippen MR) is 82.4 cm³/mol. The van der Waals surface area contributed by atoms with Gasteiger partial charge in [-0.25, -0.2) is 4.98 Å². The van der Waals surface area contributed by atoms with Crippen molar-refractivity contribution < 1.29 is 0 Å². The van der Waals surface area contributed by atoms with Crippen molar-refractivity contribution in [2.45, 2.75) is 26.3 Å². The summed E-state index contributed by atoms with van der Waals surface area (Å²) in [5.74, 6) is 0. The Labute approximate surface area is 122 Å². The van der Waals surface area contributed by atoms with E-state index in [1.807, 2.05) is 38.2 Å². The van der Waals surface area contributed by atoms with Crippen LogP contribution < -0.4 is 5.56 Å². The van der Waals surface area contributed by atoms with Crippen LogP contribution in [0, 0.1) is 6.92 Å². The summed E-state index contributed by atoms with van der Waals surface area (Å²) >= 11 is 0. The molecule has 0 unspecified atom stereocenters. The first-order chi connectivity index (χ1) is 10.1. The van der Waals surface area contributed by atoms with Crippen LogP contribution >= 0.6 is 0 Å². The molecule has 0 radical (unpaired) electrons. The van der Waals surface area contributed by atoms with Gasteiger partial charge < -0.3 is 0 Å². The Bertz CT molecular complexity index is 847. The zero-order chi connectivity index (χ0) is 15.0. The third kappa shape index (κ3) is 2.24. The van der Waals surface area contributed by atoms with Crippen molar-refractivity contribution in [2.75, 3.05) is 0 Å². The van der Waals surface area contributed by atoms with Crippen molar-refractivity contribution >= 4 is 10.9 Å². The molecule has 0 saturated heterocycles. The van der Waals surface area contributed by atoms with Gasteiger partial charge in [0.1, 0.15) is 0 Å². The van der Waals surface area contributed by atoms with Gasteiger partial charge >= 0.3 is 0 Å². The maximum atomic E-state index is 12.8. The monoisotopic (exact) mass is 282 g/mol. The van der Waals surface area contributed by atoms with Crippen molar-refractivity contribution in [3.8, 4) is 0 Å². The highest BCUT2D eigenvalue weighted by molar-refractivity contribution is 5.77. The first kappa shape index (κ1) is 13.5. The fourth-order valence-electron chi connectivity index (χ4n) is 2.73. The molecule has 2 heterocycles. The number of hydrogen-bond acceptors (Lipinski definition) is 3. The number of hydrogen-bond donors (Lipinski definition) is 0. The zero-order valence-corrected chi connectivity index (χ0v) is 12.4. The molecule has 5 heteroatoms. The normalized spacial score (nSPS) is 12.7. The van der Waals surface area contributed by atoms with E-state index < -0.39 is 0 Å². The number of benzene rings is 1. The Morgan fingerprint density at radius 1 is 1.29 bits per heavy atom. The van der Waals surface area contributed by atoms with Crippen LogP contribution in [-0.2, 0) is 7.05 Å². The molecular formula is C16H18N4O. The molecule has 0 N–H and O–H groups in total. The molecule has 0 aliphatic heterocycles. The topological polar surface area (TPSA) is 52.7 Å². The SMILES string of the molecule is CC[C@@H](c1ccnn1C)n1cnc2ccc(C)cc2c1=O. The lowest BCUT2D eigenvalue weighted by molar-refractivity contribution is 0.502. The van der Waals surface area contributed by atoms with E-state index in [-0.39, 0.29) is 11.6 Å². The fourth-order valence-corrected chi connectivity index (χ4v) is 2.73. The minimum Gasteiger partial charge on any atom is -0.290 e. The number of rotatable bonds is 3. The molecule has 0 saturated carbocycles. The number of nitrogens with zero attached hydrogens (tertiary/aromatic N) is 4. The van der Waals surface area contributed by atoms with Gasteiger partial charge in [-0.3, -0.25) is 14.0 Å². The first-order valence-electron chi connectivity index (χ1n) is 7.07. The van der Waals surface area contributed by atoms with E-state index in [9.17, 15) is 4.79 Å².